The highest BCUT2D eigenvalue weighted by Gasteiger charge is 2.09. The minimum absolute atomic E-state index is 0.107. The third kappa shape index (κ3) is 4.08. The summed E-state index contributed by atoms with van der Waals surface area (Å²) in [5.41, 5.74) is 1.05. The van der Waals surface area contributed by atoms with Gasteiger partial charge in [-0.05, 0) is 31.2 Å². The lowest BCUT2D eigenvalue weighted by molar-refractivity contribution is -0.121. The van der Waals surface area contributed by atoms with Crippen LogP contribution in [0.3, 0.4) is 0 Å². The predicted molar refractivity (Wildman–Crippen MR) is 81.9 cm³/mol. The van der Waals surface area contributed by atoms with Gasteiger partial charge in [0.2, 0.25) is 5.91 Å². The minimum Gasteiger partial charge on any atom is -0.494 e. The Hall–Kier alpha value is -2.83. The number of anilines is 1. The molecule has 0 bridgehead atoms. The summed E-state index contributed by atoms with van der Waals surface area (Å²) in [5, 5.41) is 9.24. The first-order valence-corrected chi connectivity index (χ1v) is 6.89. The van der Waals surface area contributed by atoms with Crippen LogP contribution < -0.4 is 15.4 Å². The molecule has 7 heteroatoms. The second-order valence-electron chi connectivity index (χ2n) is 4.51. The van der Waals surface area contributed by atoms with Crippen molar-refractivity contribution in [3.63, 3.8) is 0 Å². The Kier molecular flexibility index (Phi) is 5.13. The van der Waals surface area contributed by atoms with Crippen LogP contribution in [0.4, 0.5) is 5.69 Å². The van der Waals surface area contributed by atoms with Crippen molar-refractivity contribution in [3.8, 4) is 5.75 Å². The molecule has 2 aromatic rings. The van der Waals surface area contributed by atoms with E-state index in [-0.39, 0.29) is 18.4 Å². The summed E-state index contributed by atoms with van der Waals surface area (Å²) in [6.07, 6.45) is 3.09. The van der Waals surface area contributed by atoms with E-state index in [2.05, 4.69) is 15.7 Å². The zero-order valence-electron chi connectivity index (χ0n) is 12.5. The fourth-order valence-corrected chi connectivity index (χ4v) is 1.81. The minimum atomic E-state index is -0.248. The van der Waals surface area contributed by atoms with Gasteiger partial charge in [-0.1, -0.05) is 0 Å². The Labute approximate surface area is 128 Å². The molecule has 1 heterocycles. The lowest BCUT2D eigenvalue weighted by atomic mass is 10.2. The van der Waals surface area contributed by atoms with Crippen LogP contribution in [-0.2, 0) is 11.3 Å². The number of ether oxygens (including phenoxy) is 1. The molecular weight excluding hydrogens is 284 g/mol. The van der Waals surface area contributed by atoms with Gasteiger partial charge < -0.3 is 15.4 Å². The average Bonchev–Trinajstić information content (AvgIpc) is 2.95. The van der Waals surface area contributed by atoms with Crippen LogP contribution in [-0.4, -0.2) is 35.2 Å². The van der Waals surface area contributed by atoms with E-state index in [0.717, 1.165) is 5.75 Å². The number of amides is 2. The van der Waals surface area contributed by atoms with Crippen molar-refractivity contribution in [1.29, 1.82) is 0 Å². The van der Waals surface area contributed by atoms with Crippen molar-refractivity contribution in [2.75, 3.05) is 19.0 Å². The van der Waals surface area contributed by atoms with E-state index in [1.54, 1.807) is 37.5 Å². The maximum Gasteiger partial charge on any atom is 0.255 e. The van der Waals surface area contributed by atoms with Gasteiger partial charge in [-0.15, -0.1) is 0 Å². The lowest BCUT2D eigenvalue weighted by Gasteiger charge is -2.05. The summed E-state index contributed by atoms with van der Waals surface area (Å²) in [5.74, 6) is 0.312. The van der Waals surface area contributed by atoms with Crippen LogP contribution in [0.2, 0.25) is 0 Å². The van der Waals surface area contributed by atoms with Crippen LogP contribution in [0.25, 0.3) is 0 Å². The molecule has 0 aliphatic rings. The van der Waals surface area contributed by atoms with Gasteiger partial charge in [0, 0.05) is 18.8 Å². The van der Waals surface area contributed by atoms with Gasteiger partial charge in [0.05, 0.1) is 18.5 Å². The molecule has 1 aromatic carbocycles. The summed E-state index contributed by atoms with van der Waals surface area (Å²) >= 11 is 0. The van der Waals surface area contributed by atoms with Crippen molar-refractivity contribution in [1.82, 2.24) is 15.1 Å². The Morgan fingerprint density at radius 1 is 1.27 bits per heavy atom. The molecule has 2 rings (SSSR count). The number of benzene rings is 1. The van der Waals surface area contributed by atoms with E-state index in [9.17, 15) is 9.59 Å². The maximum absolute atomic E-state index is 12.1. The first kappa shape index (κ1) is 15.6. The highest BCUT2D eigenvalue weighted by atomic mass is 16.5. The Bertz CT molecular complexity index is 649. The molecule has 2 N–H and O–H groups in total. The number of aromatic nitrogens is 2. The molecule has 22 heavy (non-hydrogen) atoms. The largest absolute Gasteiger partial charge is 0.494 e. The first-order valence-electron chi connectivity index (χ1n) is 6.89. The molecule has 7 nitrogen and oxygen atoms in total. The van der Waals surface area contributed by atoms with E-state index < -0.39 is 0 Å². The van der Waals surface area contributed by atoms with E-state index in [1.807, 2.05) is 6.92 Å². The Morgan fingerprint density at radius 3 is 2.64 bits per heavy atom. The van der Waals surface area contributed by atoms with Crippen LogP contribution in [0.15, 0.2) is 36.7 Å². The van der Waals surface area contributed by atoms with Gasteiger partial charge in [-0.3, -0.25) is 14.3 Å². The molecule has 0 fully saturated rings. The molecule has 1 aromatic heterocycles. The van der Waals surface area contributed by atoms with Crippen LogP contribution in [0, 0.1) is 0 Å². The van der Waals surface area contributed by atoms with Gasteiger partial charge in [0.15, 0.2) is 0 Å². The number of nitrogens with zero attached hydrogens (tertiary/aromatic N) is 2. The van der Waals surface area contributed by atoms with Gasteiger partial charge in [0.25, 0.3) is 5.91 Å². The van der Waals surface area contributed by atoms with Crippen molar-refractivity contribution in [2.45, 2.75) is 13.5 Å². The molecular formula is C15H18N4O3. The Balaban J connectivity index is 1.98. The number of hydrogen-bond donors (Lipinski definition) is 2. The quantitative estimate of drug-likeness (QED) is 0.842. The standard InChI is InChI=1S/C15H18N4O3/c1-3-22-13-6-4-11(5-7-13)15(21)18-12-8-17-19(9-12)10-14(20)16-2/h4-9H,3,10H2,1-2H3,(H,16,20)(H,18,21). The summed E-state index contributed by atoms with van der Waals surface area (Å²) < 4.78 is 6.78. The lowest BCUT2D eigenvalue weighted by Crippen LogP contribution is -2.23. The highest BCUT2D eigenvalue weighted by Crippen LogP contribution is 2.14. The summed E-state index contributed by atoms with van der Waals surface area (Å²) in [4.78, 5) is 23.4. The summed E-state index contributed by atoms with van der Waals surface area (Å²) in [6, 6.07) is 6.87. The number of carbonyl (C=O) groups is 2. The number of nitrogens with one attached hydrogen (secondary N) is 2. The van der Waals surface area contributed by atoms with E-state index in [0.29, 0.717) is 17.9 Å². The van der Waals surface area contributed by atoms with Crippen LogP contribution >= 0.6 is 0 Å². The number of hydrogen-bond acceptors (Lipinski definition) is 4. The SMILES string of the molecule is CCOc1ccc(C(=O)Nc2cnn(CC(=O)NC)c2)cc1. The van der Waals surface area contributed by atoms with Gasteiger partial charge >= 0.3 is 0 Å². The first-order chi connectivity index (χ1) is 10.6. The molecule has 0 aliphatic heterocycles. The highest BCUT2D eigenvalue weighted by molar-refractivity contribution is 6.04. The van der Waals surface area contributed by atoms with Crippen molar-refractivity contribution >= 4 is 17.5 Å². The number of rotatable bonds is 6. The molecule has 0 saturated heterocycles. The van der Waals surface area contributed by atoms with Crippen LogP contribution in [0.5, 0.6) is 5.75 Å². The van der Waals surface area contributed by atoms with Gasteiger partial charge in [-0.25, -0.2) is 0 Å². The summed E-state index contributed by atoms with van der Waals surface area (Å²) in [6.45, 7) is 2.59. The zero-order valence-corrected chi connectivity index (χ0v) is 12.5. The molecule has 0 saturated carbocycles. The molecule has 0 unspecified atom stereocenters. The second-order valence-corrected chi connectivity index (χ2v) is 4.51. The molecule has 0 aliphatic carbocycles. The van der Waals surface area contributed by atoms with E-state index in [4.69, 9.17) is 4.74 Å². The molecule has 0 spiro atoms. The van der Waals surface area contributed by atoms with Crippen molar-refractivity contribution in [3.05, 3.63) is 42.2 Å². The van der Waals surface area contributed by atoms with Crippen molar-refractivity contribution < 1.29 is 14.3 Å². The predicted octanol–water partition coefficient (Wildman–Crippen LogP) is 1.28. The molecule has 0 atom stereocenters. The fraction of sp³-hybridized carbons (Fsp3) is 0.267. The third-order valence-corrected chi connectivity index (χ3v) is 2.90. The number of carbonyl (C=O) groups excluding carboxylic acids is 2. The summed E-state index contributed by atoms with van der Waals surface area (Å²) in [7, 11) is 1.56. The second kappa shape index (κ2) is 7.26. The zero-order chi connectivity index (χ0) is 15.9. The Morgan fingerprint density at radius 2 is 2.00 bits per heavy atom. The number of likely N-dealkylation sites (N-methyl/N-ethyl adjacent to an activating group) is 1. The molecule has 0 radical (unpaired) electrons. The smallest absolute Gasteiger partial charge is 0.255 e. The van der Waals surface area contributed by atoms with E-state index in [1.165, 1.54) is 10.9 Å². The van der Waals surface area contributed by atoms with Crippen LogP contribution in [0.1, 0.15) is 17.3 Å². The fourth-order valence-electron chi connectivity index (χ4n) is 1.81. The molecule has 116 valence electrons. The normalized spacial score (nSPS) is 10.1. The monoisotopic (exact) mass is 302 g/mol. The van der Waals surface area contributed by atoms with Gasteiger partial charge in [0.1, 0.15) is 12.3 Å². The third-order valence-electron chi connectivity index (χ3n) is 2.90. The molecule has 2 amide bonds. The average molecular weight is 302 g/mol. The van der Waals surface area contributed by atoms with E-state index >= 15 is 0 Å². The topological polar surface area (TPSA) is 85.2 Å². The van der Waals surface area contributed by atoms with Gasteiger partial charge in [-0.2, -0.15) is 5.10 Å². The van der Waals surface area contributed by atoms with Crippen molar-refractivity contribution in [2.24, 2.45) is 0 Å². The maximum atomic E-state index is 12.1.